The minimum atomic E-state index is 0.566. The lowest BCUT2D eigenvalue weighted by atomic mass is 10.0. The standard InChI is InChI=1S/C16H12ClNO/c1-19-16-7-2-4-12(9-16)8-14(11-18)13-5-3-6-15(17)10-13/h2-10H,1H3/b14-8-. The van der Waals surface area contributed by atoms with Gasteiger partial charge < -0.3 is 4.74 Å². The summed E-state index contributed by atoms with van der Waals surface area (Å²) < 4.78 is 5.16. The van der Waals surface area contributed by atoms with Crippen LogP contribution in [0.1, 0.15) is 11.1 Å². The quantitative estimate of drug-likeness (QED) is 0.611. The molecule has 0 unspecified atom stereocenters. The van der Waals surface area contributed by atoms with E-state index in [0.29, 0.717) is 10.6 Å². The molecule has 0 aliphatic carbocycles. The predicted molar refractivity (Wildman–Crippen MR) is 77.9 cm³/mol. The van der Waals surface area contributed by atoms with Crippen molar-refractivity contribution in [3.8, 4) is 11.8 Å². The molecule has 2 aromatic carbocycles. The van der Waals surface area contributed by atoms with E-state index >= 15 is 0 Å². The van der Waals surface area contributed by atoms with Crippen molar-refractivity contribution in [2.24, 2.45) is 0 Å². The Balaban J connectivity index is 2.41. The van der Waals surface area contributed by atoms with E-state index in [9.17, 15) is 5.26 Å². The number of halogens is 1. The van der Waals surface area contributed by atoms with Gasteiger partial charge in [-0.25, -0.2) is 0 Å². The molecule has 19 heavy (non-hydrogen) atoms. The number of hydrogen-bond acceptors (Lipinski definition) is 2. The van der Waals surface area contributed by atoms with Crippen LogP contribution in [-0.4, -0.2) is 7.11 Å². The monoisotopic (exact) mass is 269 g/mol. The maximum absolute atomic E-state index is 9.27. The van der Waals surface area contributed by atoms with E-state index in [1.165, 1.54) is 0 Å². The fourth-order valence-corrected chi connectivity index (χ4v) is 1.92. The maximum atomic E-state index is 9.27. The topological polar surface area (TPSA) is 33.0 Å². The van der Waals surface area contributed by atoms with Crippen LogP contribution in [0.3, 0.4) is 0 Å². The van der Waals surface area contributed by atoms with Gasteiger partial charge in [0.2, 0.25) is 0 Å². The molecule has 0 saturated carbocycles. The number of rotatable bonds is 3. The Labute approximate surface area is 117 Å². The van der Waals surface area contributed by atoms with Crippen molar-refractivity contribution in [2.45, 2.75) is 0 Å². The third-order valence-electron chi connectivity index (χ3n) is 2.66. The molecule has 0 heterocycles. The first-order valence-corrected chi connectivity index (χ1v) is 6.12. The van der Waals surface area contributed by atoms with Crippen molar-refractivity contribution in [3.63, 3.8) is 0 Å². The molecule has 0 saturated heterocycles. The van der Waals surface area contributed by atoms with E-state index in [4.69, 9.17) is 16.3 Å². The van der Waals surface area contributed by atoms with Gasteiger partial charge in [-0.2, -0.15) is 5.26 Å². The summed E-state index contributed by atoms with van der Waals surface area (Å²) >= 11 is 5.94. The number of ether oxygens (including phenoxy) is 1. The number of methoxy groups -OCH3 is 1. The smallest absolute Gasteiger partial charge is 0.119 e. The zero-order chi connectivity index (χ0) is 13.7. The number of benzene rings is 2. The minimum absolute atomic E-state index is 0.566. The molecule has 0 aromatic heterocycles. The summed E-state index contributed by atoms with van der Waals surface area (Å²) in [5.41, 5.74) is 2.28. The van der Waals surface area contributed by atoms with Gasteiger partial charge in [-0.15, -0.1) is 0 Å². The van der Waals surface area contributed by atoms with Crippen molar-refractivity contribution in [2.75, 3.05) is 7.11 Å². The molecule has 0 bridgehead atoms. The Bertz CT molecular complexity index is 656. The van der Waals surface area contributed by atoms with Crippen LogP contribution in [0.5, 0.6) is 5.75 Å². The fourth-order valence-electron chi connectivity index (χ4n) is 1.73. The first-order valence-electron chi connectivity index (χ1n) is 5.75. The van der Waals surface area contributed by atoms with Gasteiger partial charge in [0.15, 0.2) is 0 Å². The molecule has 0 amide bonds. The highest BCUT2D eigenvalue weighted by Crippen LogP contribution is 2.22. The SMILES string of the molecule is COc1cccc(/C=C(/C#N)c2cccc(Cl)c2)c1. The Morgan fingerprint density at radius 2 is 2.00 bits per heavy atom. The molecular formula is C16H12ClNO. The third-order valence-corrected chi connectivity index (χ3v) is 2.90. The summed E-state index contributed by atoms with van der Waals surface area (Å²) in [6.07, 6.45) is 1.81. The number of nitrogens with zero attached hydrogens (tertiary/aromatic N) is 1. The molecule has 0 fully saturated rings. The van der Waals surface area contributed by atoms with Gasteiger partial charge in [-0.3, -0.25) is 0 Å². The number of hydrogen-bond donors (Lipinski definition) is 0. The highest BCUT2D eigenvalue weighted by Gasteiger charge is 2.02. The van der Waals surface area contributed by atoms with E-state index in [1.54, 1.807) is 19.2 Å². The summed E-state index contributed by atoms with van der Waals surface area (Å²) in [5, 5.41) is 9.88. The van der Waals surface area contributed by atoms with E-state index in [2.05, 4.69) is 6.07 Å². The van der Waals surface area contributed by atoms with Crippen LogP contribution in [0.15, 0.2) is 48.5 Å². The maximum Gasteiger partial charge on any atom is 0.119 e. The van der Waals surface area contributed by atoms with Crippen molar-refractivity contribution in [3.05, 3.63) is 64.7 Å². The highest BCUT2D eigenvalue weighted by atomic mass is 35.5. The normalized spacial score (nSPS) is 10.9. The summed E-state index contributed by atoms with van der Waals surface area (Å²) in [7, 11) is 1.62. The number of nitriles is 1. The summed E-state index contributed by atoms with van der Waals surface area (Å²) in [4.78, 5) is 0. The molecule has 0 aliphatic rings. The van der Waals surface area contributed by atoms with Gasteiger partial charge >= 0.3 is 0 Å². The van der Waals surface area contributed by atoms with Crippen LogP contribution >= 0.6 is 11.6 Å². The summed E-state index contributed by atoms with van der Waals surface area (Å²) in [5.74, 6) is 0.761. The molecule has 0 N–H and O–H groups in total. The Hall–Kier alpha value is -2.24. The summed E-state index contributed by atoms with van der Waals surface area (Å²) in [6, 6.07) is 17.0. The zero-order valence-electron chi connectivity index (χ0n) is 10.4. The largest absolute Gasteiger partial charge is 0.497 e. The third kappa shape index (κ3) is 3.37. The minimum Gasteiger partial charge on any atom is -0.497 e. The van der Waals surface area contributed by atoms with Crippen LogP contribution in [-0.2, 0) is 0 Å². The molecule has 0 spiro atoms. The average molecular weight is 270 g/mol. The molecule has 0 radical (unpaired) electrons. The van der Waals surface area contributed by atoms with E-state index < -0.39 is 0 Å². The second-order valence-electron chi connectivity index (χ2n) is 3.96. The molecule has 0 atom stereocenters. The van der Waals surface area contributed by atoms with Crippen LogP contribution in [0.4, 0.5) is 0 Å². The number of allylic oxidation sites excluding steroid dienone is 1. The van der Waals surface area contributed by atoms with E-state index in [0.717, 1.165) is 16.9 Å². The van der Waals surface area contributed by atoms with Gasteiger partial charge in [0.05, 0.1) is 18.8 Å². The first kappa shape index (κ1) is 13.2. The second-order valence-corrected chi connectivity index (χ2v) is 4.39. The summed E-state index contributed by atoms with van der Waals surface area (Å²) in [6.45, 7) is 0. The van der Waals surface area contributed by atoms with Crippen molar-refractivity contribution >= 4 is 23.3 Å². The van der Waals surface area contributed by atoms with Crippen molar-refractivity contribution < 1.29 is 4.74 Å². The molecule has 3 heteroatoms. The van der Waals surface area contributed by atoms with Gasteiger partial charge in [0.1, 0.15) is 5.75 Å². The van der Waals surface area contributed by atoms with Gasteiger partial charge in [0.25, 0.3) is 0 Å². The second kappa shape index (κ2) is 6.08. The van der Waals surface area contributed by atoms with Crippen LogP contribution in [0.2, 0.25) is 5.02 Å². The van der Waals surface area contributed by atoms with Crippen LogP contribution < -0.4 is 4.74 Å². The van der Waals surface area contributed by atoms with E-state index in [-0.39, 0.29) is 0 Å². The lowest BCUT2D eigenvalue weighted by Gasteiger charge is -2.03. The predicted octanol–water partition coefficient (Wildman–Crippen LogP) is 4.41. The van der Waals surface area contributed by atoms with Crippen LogP contribution in [0, 0.1) is 11.3 Å². The van der Waals surface area contributed by atoms with Crippen LogP contribution in [0.25, 0.3) is 11.6 Å². The van der Waals surface area contributed by atoms with E-state index in [1.807, 2.05) is 42.5 Å². The van der Waals surface area contributed by atoms with Gasteiger partial charge in [-0.1, -0.05) is 35.9 Å². The Morgan fingerprint density at radius 3 is 2.68 bits per heavy atom. The Kier molecular flexibility index (Phi) is 4.22. The first-order chi connectivity index (χ1) is 9.22. The molecular weight excluding hydrogens is 258 g/mol. The fraction of sp³-hybridized carbons (Fsp3) is 0.0625. The molecule has 94 valence electrons. The Morgan fingerprint density at radius 1 is 1.21 bits per heavy atom. The highest BCUT2D eigenvalue weighted by molar-refractivity contribution is 6.30. The lowest BCUT2D eigenvalue weighted by Crippen LogP contribution is -1.84. The molecule has 0 aliphatic heterocycles. The molecule has 2 rings (SSSR count). The van der Waals surface area contributed by atoms with Gasteiger partial charge in [0, 0.05) is 5.02 Å². The average Bonchev–Trinajstić information content (AvgIpc) is 2.45. The van der Waals surface area contributed by atoms with Crippen molar-refractivity contribution in [1.29, 1.82) is 5.26 Å². The van der Waals surface area contributed by atoms with Crippen molar-refractivity contribution in [1.82, 2.24) is 0 Å². The molecule has 2 aromatic rings. The molecule has 2 nitrogen and oxygen atoms in total. The zero-order valence-corrected chi connectivity index (χ0v) is 11.2. The van der Waals surface area contributed by atoms with Gasteiger partial charge in [-0.05, 0) is 41.5 Å². The lowest BCUT2D eigenvalue weighted by molar-refractivity contribution is 0.414.